The Hall–Kier alpha value is -3.20. The fourth-order valence-electron chi connectivity index (χ4n) is 2.69. The third-order valence-corrected chi connectivity index (χ3v) is 5.09. The van der Waals surface area contributed by atoms with Crippen molar-refractivity contribution in [2.24, 2.45) is 0 Å². The van der Waals surface area contributed by atoms with Crippen LogP contribution in [0.2, 0.25) is 0 Å². The van der Waals surface area contributed by atoms with Gasteiger partial charge >= 0.3 is 12.0 Å². The molecule has 0 unspecified atom stereocenters. The number of rotatable bonds is 7. The molecular formula is C20H20N4O4S. The Bertz CT molecular complexity index is 1030. The Morgan fingerprint density at radius 1 is 1.28 bits per heavy atom. The van der Waals surface area contributed by atoms with Gasteiger partial charge in [0, 0.05) is 30.1 Å². The van der Waals surface area contributed by atoms with Gasteiger partial charge in [0.05, 0.1) is 22.9 Å². The van der Waals surface area contributed by atoms with E-state index in [4.69, 9.17) is 4.74 Å². The van der Waals surface area contributed by atoms with Gasteiger partial charge in [-0.05, 0) is 24.1 Å². The number of carbonyl (C=O) groups is 1. The molecule has 3 rings (SSSR count). The van der Waals surface area contributed by atoms with Crippen molar-refractivity contribution in [1.82, 2.24) is 14.5 Å². The van der Waals surface area contributed by atoms with Crippen LogP contribution in [0.25, 0.3) is 0 Å². The average molecular weight is 412 g/mol. The summed E-state index contributed by atoms with van der Waals surface area (Å²) < 4.78 is 7.13. The molecule has 0 N–H and O–H groups in total. The molecular weight excluding hydrogens is 392 g/mol. The molecule has 0 spiro atoms. The summed E-state index contributed by atoms with van der Waals surface area (Å²) in [6.45, 7) is 5.65. The number of nitro groups is 1. The van der Waals surface area contributed by atoms with Crippen LogP contribution in [-0.2, 0) is 11.3 Å². The maximum atomic E-state index is 11.6. The van der Waals surface area contributed by atoms with Gasteiger partial charge in [-0.15, -0.1) is 0 Å². The molecule has 8 nitrogen and oxygen atoms in total. The summed E-state index contributed by atoms with van der Waals surface area (Å²) in [7, 11) is 0. The molecule has 0 bridgehead atoms. The molecule has 9 heteroatoms. The molecule has 2 aromatic heterocycles. The van der Waals surface area contributed by atoms with Gasteiger partial charge in [0.15, 0.2) is 0 Å². The number of esters is 1. The third-order valence-electron chi connectivity index (χ3n) is 3.98. The first kappa shape index (κ1) is 20.5. The lowest BCUT2D eigenvalue weighted by Gasteiger charge is -2.12. The van der Waals surface area contributed by atoms with E-state index < -0.39 is 10.9 Å². The van der Waals surface area contributed by atoms with Gasteiger partial charge in [0.1, 0.15) is 5.03 Å². The minimum atomic E-state index is -0.473. The third kappa shape index (κ3) is 5.00. The van der Waals surface area contributed by atoms with Crippen LogP contribution in [0.15, 0.2) is 58.6 Å². The molecule has 0 amide bonds. The number of hydrogen-bond acceptors (Lipinski definition) is 7. The first-order valence-corrected chi connectivity index (χ1v) is 9.78. The molecule has 0 aliphatic heterocycles. The van der Waals surface area contributed by atoms with Crippen molar-refractivity contribution in [3.8, 4) is 6.01 Å². The number of hydrogen-bond donors (Lipinski definition) is 0. The maximum absolute atomic E-state index is 11.6. The standard InChI is InChI=1S/C20H20N4O4S/c1-13(2)18-19(29-17-9-6-8-16(11-17)24(26)27)23(20(22-18)28-14(3)25)12-15-7-4-5-10-21-15/h4-11,13H,12H2,1-3H3. The number of benzene rings is 1. The van der Waals surface area contributed by atoms with Crippen LogP contribution >= 0.6 is 11.8 Å². The van der Waals surface area contributed by atoms with Crippen molar-refractivity contribution >= 4 is 23.4 Å². The van der Waals surface area contributed by atoms with E-state index in [9.17, 15) is 14.9 Å². The topological polar surface area (TPSA) is 100 Å². The van der Waals surface area contributed by atoms with Crippen molar-refractivity contribution in [2.75, 3.05) is 0 Å². The molecule has 1 aromatic carbocycles. The molecule has 150 valence electrons. The monoisotopic (exact) mass is 412 g/mol. The maximum Gasteiger partial charge on any atom is 0.310 e. The SMILES string of the molecule is CC(=O)Oc1nc(C(C)C)c(Sc2cccc([N+](=O)[O-])c2)n1Cc1ccccn1. The van der Waals surface area contributed by atoms with Gasteiger partial charge in [-0.25, -0.2) is 0 Å². The Labute approximate surface area is 172 Å². The highest BCUT2D eigenvalue weighted by Gasteiger charge is 2.23. The van der Waals surface area contributed by atoms with Crippen LogP contribution in [0.4, 0.5) is 5.69 Å². The van der Waals surface area contributed by atoms with Gasteiger partial charge in [0.25, 0.3) is 5.69 Å². The number of non-ortho nitro benzene ring substituents is 1. The lowest BCUT2D eigenvalue weighted by molar-refractivity contribution is -0.385. The Morgan fingerprint density at radius 3 is 2.69 bits per heavy atom. The highest BCUT2D eigenvalue weighted by Crippen LogP contribution is 2.38. The van der Waals surface area contributed by atoms with Gasteiger partial charge in [0.2, 0.25) is 0 Å². The van der Waals surface area contributed by atoms with Crippen molar-refractivity contribution < 1.29 is 14.5 Å². The van der Waals surface area contributed by atoms with Gasteiger partial charge in [-0.3, -0.25) is 24.5 Å². The normalized spacial score (nSPS) is 10.9. The van der Waals surface area contributed by atoms with Gasteiger partial charge < -0.3 is 4.74 Å². The van der Waals surface area contributed by atoms with Crippen molar-refractivity contribution in [2.45, 2.75) is 43.2 Å². The largest absolute Gasteiger partial charge is 0.392 e. The van der Waals surface area contributed by atoms with Crippen molar-refractivity contribution in [3.05, 3.63) is 70.2 Å². The Balaban J connectivity index is 2.09. The lowest BCUT2D eigenvalue weighted by atomic mass is 10.1. The zero-order chi connectivity index (χ0) is 21.0. The number of nitro benzene ring substituents is 1. The Kier molecular flexibility index (Phi) is 6.28. The smallest absolute Gasteiger partial charge is 0.310 e. The molecule has 0 aliphatic carbocycles. The minimum absolute atomic E-state index is 0.0112. The molecule has 0 radical (unpaired) electrons. The molecule has 29 heavy (non-hydrogen) atoms. The van der Waals surface area contributed by atoms with E-state index in [-0.39, 0.29) is 17.6 Å². The van der Waals surface area contributed by atoms with Crippen LogP contribution in [0, 0.1) is 10.1 Å². The second-order valence-electron chi connectivity index (χ2n) is 6.60. The zero-order valence-electron chi connectivity index (χ0n) is 16.2. The number of carbonyl (C=O) groups excluding carboxylic acids is 1. The number of imidazole rings is 1. The summed E-state index contributed by atoms with van der Waals surface area (Å²) in [5, 5.41) is 11.9. The number of pyridine rings is 1. The van der Waals surface area contributed by atoms with E-state index in [1.807, 2.05) is 32.0 Å². The highest BCUT2D eigenvalue weighted by atomic mass is 32.2. The average Bonchev–Trinajstić information content (AvgIpc) is 2.99. The second-order valence-corrected chi connectivity index (χ2v) is 7.66. The molecule has 0 aliphatic rings. The number of ether oxygens (including phenoxy) is 1. The van der Waals surface area contributed by atoms with Crippen LogP contribution in [0.5, 0.6) is 6.01 Å². The summed E-state index contributed by atoms with van der Waals surface area (Å²) in [5.74, 6) is -0.421. The van der Waals surface area contributed by atoms with E-state index >= 15 is 0 Å². The fraction of sp³-hybridized carbons (Fsp3) is 0.250. The van der Waals surface area contributed by atoms with Gasteiger partial charge in [-0.2, -0.15) is 4.98 Å². The molecule has 0 atom stereocenters. The zero-order valence-corrected chi connectivity index (χ0v) is 17.0. The van der Waals surface area contributed by atoms with Crippen molar-refractivity contribution in [3.63, 3.8) is 0 Å². The predicted molar refractivity (Wildman–Crippen MR) is 108 cm³/mol. The number of nitrogens with zero attached hydrogens (tertiary/aromatic N) is 4. The van der Waals surface area contributed by atoms with E-state index in [0.29, 0.717) is 11.4 Å². The quantitative estimate of drug-likeness (QED) is 0.321. The summed E-state index contributed by atoms with van der Waals surface area (Å²) in [6, 6.07) is 12.1. The van der Waals surface area contributed by atoms with Crippen LogP contribution in [0.3, 0.4) is 0 Å². The minimum Gasteiger partial charge on any atom is -0.392 e. The van der Waals surface area contributed by atoms with Gasteiger partial charge in [-0.1, -0.05) is 37.7 Å². The second kappa shape index (κ2) is 8.87. The van der Waals surface area contributed by atoms with E-state index in [0.717, 1.165) is 16.4 Å². The van der Waals surface area contributed by atoms with E-state index in [1.165, 1.54) is 30.8 Å². The number of aromatic nitrogens is 3. The molecule has 2 heterocycles. The summed E-state index contributed by atoms with van der Waals surface area (Å²) in [4.78, 5) is 31.9. The Morgan fingerprint density at radius 2 is 2.07 bits per heavy atom. The summed E-state index contributed by atoms with van der Waals surface area (Å²) in [6.07, 6.45) is 1.69. The highest BCUT2D eigenvalue weighted by molar-refractivity contribution is 7.99. The molecule has 0 saturated carbocycles. The van der Waals surface area contributed by atoms with Crippen molar-refractivity contribution in [1.29, 1.82) is 0 Å². The molecule has 0 saturated heterocycles. The fourth-order valence-corrected chi connectivity index (χ4v) is 3.88. The van der Waals surface area contributed by atoms with E-state index in [1.54, 1.807) is 22.9 Å². The van der Waals surface area contributed by atoms with Crippen LogP contribution < -0.4 is 4.74 Å². The van der Waals surface area contributed by atoms with Crippen LogP contribution in [-0.4, -0.2) is 25.4 Å². The molecule has 3 aromatic rings. The van der Waals surface area contributed by atoms with Crippen LogP contribution in [0.1, 0.15) is 38.1 Å². The predicted octanol–water partition coefficient (Wildman–Crippen LogP) is 4.43. The first-order chi connectivity index (χ1) is 13.8. The summed E-state index contributed by atoms with van der Waals surface area (Å²) >= 11 is 1.34. The lowest BCUT2D eigenvalue weighted by Crippen LogP contribution is -2.10. The molecule has 0 fully saturated rings. The summed E-state index contributed by atoms with van der Waals surface area (Å²) in [5.41, 5.74) is 1.53. The first-order valence-electron chi connectivity index (χ1n) is 8.96. The van der Waals surface area contributed by atoms with E-state index in [2.05, 4.69) is 9.97 Å².